The minimum Gasteiger partial charge on any atom is -0.423 e. The molecule has 2 aromatic rings. The fourth-order valence-electron chi connectivity index (χ4n) is 1.98. The number of nitrogens with zero attached hydrogens (tertiary/aromatic N) is 1. The summed E-state index contributed by atoms with van der Waals surface area (Å²) in [6, 6.07) is 6.46. The van der Waals surface area contributed by atoms with Gasteiger partial charge in [-0.1, -0.05) is 12.1 Å². The van der Waals surface area contributed by atoms with Crippen molar-refractivity contribution in [2.45, 2.75) is 18.8 Å². The fourth-order valence-corrected chi connectivity index (χ4v) is 1.98. The van der Waals surface area contributed by atoms with Gasteiger partial charge in [-0.2, -0.15) is 0 Å². The summed E-state index contributed by atoms with van der Waals surface area (Å²) in [7, 11) is -1.79. The Hall–Kier alpha value is -1.46. The van der Waals surface area contributed by atoms with Gasteiger partial charge in [0.15, 0.2) is 0 Å². The van der Waals surface area contributed by atoms with Crippen LogP contribution in [0.2, 0.25) is 0 Å². The molecule has 0 aliphatic heterocycles. The molecule has 0 spiro atoms. The Kier molecular flexibility index (Phi) is 2.38. The highest BCUT2D eigenvalue weighted by molar-refractivity contribution is 6.59. The van der Waals surface area contributed by atoms with E-state index in [-0.39, 0.29) is 5.46 Å². The van der Waals surface area contributed by atoms with Crippen LogP contribution < -0.4 is 5.46 Å². The van der Waals surface area contributed by atoms with E-state index in [2.05, 4.69) is 4.98 Å². The lowest BCUT2D eigenvalue weighted by Crippen LogP contribution is -2.32. The molecular formula is C12H11BFNO2. The molecule has 1 heterocycles. The molecule has 1 aromatic heterocycles. The third-order valence-corrected chi connectivity index (χ3v) is 3.10. The van der Waals surface area contributed by atoms with Crippen molar-refractivity contribution < 1.29 is 14.4 Å². The Morgan fingerprint density at radius 3 is 2.65 bits per heavy atom. The smallest absolute Gasteiger partial charge is 0.423 e. The highest BCUT2D eigenvalue weighted by atomic mass is 19.1. The summed E-state index contributed by atoms with van der Waals surface area (Å²) in [5.41, 5.74) is 1.45. The van der Waals surface area contributed by atoms with Gasteiger partial charge in [0.1, 0.15) is 5.82 Å². The van der Waals surface area contributed by atoms with E-state index in [0.717, 1.165) is 23.9 Å². The maximum Gasteiger partial charge on any atom is 0.491 e. The molecule has 1 fully saturated rings. The zero-order chi connectivity index (χ0) is 12.0. The number of hydrogen-bond acceptors (Lipinski definition) is 3. The summed E-state index contributed by atoms with van der Waals surface area (Å²) in [6.07, 6.45) is 2.29. The number of pyridine rings is 1. The van der Waals surface area contributed by atoms with Crippen LogP contribution in [0, 0.1) is 5.82 Å². The van der Waals surface area contributed by atoms with Crippen LogP contribution in [-0.2, 0) is 0 Å². The van der Waals surface area contributed by atoms with Gasteiger partial charge in [0, 0.05) is 22.5 Å². The molecule has 1 aliphatic rings. The molecule has 0 saturated heterocycles. The molecule has 86 valence electrons. The molecule has 0 radical (unpaired) electrons. The molecule has 0 bridgehead atoms. The average molecular weight is 231 g/mol. The molecule has 0 amide bonds. The number of rotatable bonds is 2. The van der Waals surface area contributed by atoms with Crippen LogP contribution in [-0.4, -0.2) is 22.2 Å². The van der Waals surface area contributed by atoms with Gasteiger partial charge in [-0.3, -0.25) is 4.98 Å². The molecule has 1 aliphatic carbocycles. The minimum atomic E-state index is -1.79. The average Bonchev–Trinajstić information content (AvgIpc) is 3.10. The normalized spacial score (nSPS) is 15.2. The topological polar surface area (TPSA) is 53.4 Å². The van der Waals surface area contributed by atoms with Gasteiger partial charge in [-0.15, -0.1) is 0 Å². The van der Waals surface area contributed by atoms with Crippen LogP contribution in [0.15, 0.2) is 24.3 Å². The molecule has 1 saturated carbocycles. The van der Waals surface area contributed by atoms with E-state index in [9.17, 15) is 4.39 Å². The van der Waals surface area contributed by atoms with E-state index < -0.39 is 12.9 Å². The zero-order valence-electron chi connectivity index (χ0n) is 9.10. The molecule has 2 N–H and O–H groups in total. The Labute approximate surface area is 98.1 Å². The van der Waals surface area contributed by atoms with Gasteiger partial charge in [-0.05, 0) is 25.0 Å². The number of fused-ring (bicyclic) bond motifs is 1. The first-order valence-electron chi connectivity index (χ1n) is 5.61. The van der Waals surface area contributed by atoms with Gasteiger partial charge >= 0.3 is 7.12 Å². The summed E-state index contributed by atoms with van der Waals surface area (Å²) < 4.78 is 13.6. The molecule has 17 heavy (non-hydrogen) atoms. The van der Waals surface area contributed by atoms with Crippen molar-refractivity contribution >= 4 is 23.5 Å². The molecule has 0 unspecified atom stereocenters. The summed E-state index contributed by atoms with van der Waals surface area (Å²) in [4.78, 5) is 4.40. The van der Waals surface area contributed by atoms with Crippen LogP contribution in [0.4, 0.5) is 4.39 Å². The maximum absolute atomic E-state index is 13.6. The van der Waals surface area contributed by atoms with Crippen LogP contribution >= 0.6 is 0 Å². The highest BCUT2D eigenvalue weighted by Crippen LogP contribution is 2.39. The number of halogens is 1. The predicted molar refractivity (Wildman–Crippen MR) is 63.5 cm³/mol. The number of benzene rings is 1. The van der Waals surface area contributed by atoms with Gasteiger partial charge < -0.3 is 10.0 Å². The quantitative estimate of drug-likeness (QED) is 0.756. The Balaban J connectivity index is 2.15. The van der Waals surface area contributed by atoms with Crippen molar-refractivity contribution in [2.75, 3.05) is 0 Å². The summed E-state index contributed by atoms with van der Waals surface area (Å²) in [5.74, 6) is -0.112. The van der Waals surface area contributed by atoms with Gasteiger partial charge in [0.25, 0.3) is 0 Å². The van der Waals surface area contributed by atoms with Crippen molar-refractivity contribution in [1.82, 2.24) is 4.98 Å². The first-order chi connectivity index (χ1) is 8.15. The molecule has 0 atom stereocenters. The van der Waals surface area contributed by atoms with Crippen LogP contribution in [0.5, 0.6) is 0 Å². The van der Waals surface area contributed by atoms with E-state index in [1.807, 2.05) is 12.1 Å². The van der Waals surface area contributed by atoms with E-state index in [1.165, 1.54) is 12.1 Å². The Bertz CT molecular complexity index is 584. The van der Waals surface area contributed by atoms with E-state index >= 15 is 0 Å². The van der Waals surface area contributed by atoms with Crippen molar-refractivity contribution in [3.8, 4) is 0 Å². The predicted octanol–water partition coefficient (Wildman–Crippen LogP) is 0.931. The van der Waals surface area contributed by atoms with E-state index in [1.54, 1.807) is 0 Å². The summed E-state index contributed by atoms with van der Waals surface area (Å²) in [6.45, 7) is 0. The lowest BCUT2D eigenvalue weighted by Gasteiger charge is -2.05. The third-order valence-electron chi connectivity index (χ3n) is 3.10. The number of aromatic nitrogens is 1. The van der Waals surface area contributed by atoms with Crippen molar-refractivity contribution in [3.05, 3.63) is 35.8 Å². The second-order valence-corrected chi connectivity index (χ2v) is 4.45. The fraction of sp³-hybridized carbons (Fsp3) is 0.250. The van der Waals surface area contributed by atoms with E-state index in [4.69, 9.17) is 10.0 Å². The SMILES string of the molecule is OB(O)c1cc2ccc(C3CC3)nc2cc1F. The minimum absolute atomic E-state index is 0.113. The number of hydrogen-bond donors (Lipinski definition) is 2. The van der Waals surface area contributed by atoms with E-state index in [0.29, 0.717) is 11.4 Å². The molecule has 3 nitrogen and oxygen atoms in total. The van der Waals surface area contributed by atoms with Crippen LogP contribution in [0.25, 0.3) is 10.9 Å². The van der Waals surface area contributed by atoms with Gasteiger partial charge in [0.05, 0.1) is 5.52 Å². The molecular weight excluding hydrogens is 220 g/mol. The van der Waals surface area contributed by atoms with Gasteiger partial charge in [-0.25, -0.2) is 4.39 Å². The first-order valence-corrected chi connectivity index (χ1v) is 5.61. The maximum atomic E-state index is 13.6. The van der Waals surface area contributed by atoms with Crippen LogP contribution in [0.1, 0.15) is 24.5 Å². The van der Waals surface area contributed by atoms with Gasteiger partial charge in [0.2, 0.25) is 0 Å². The third kappa shape index (κ3) is 1.92. The van der Waals surface area contributed by atoms with Crippen LogP contribution in [0.3, 0.4) is 0 Å². The van der Waals surface area contributed by atoms with Crippen molar-refractivity contribution in [2.24, 2.45) is 0 Å². The lowest BCUT2D eigenvalue weighted by molar-refractivity contribution is 0.423. The first kappa shape index (κ1) is 10.7. The largest absolute Gasteiger partial charge is 0.491 e. The molecule has 5 heteroatoms. The molecule has 1 aromatic carbocycles. The lowest BCUT2D eigenvalue weighted by atomic mass is 9.79. The monoisotopic (exact) mass is 231 g/mol. The standard InChI is InChI=1S/C12H11BFNO2/c14-10-6-12-8(5-9(10)13(16)17)3-4-11(15-12)7-1-2-7/h3-7,16-17H,1-2H2. The molecule has 3 rings (SSSR count). The van der Waals surface area contributed by atoms with Crippen molar-refractivity contribution in [3.63, 3.8) is 0 Å². The highest BCUT2D eigenvalue weighted by Gasteiger charge is 2.25. The van der Waals surface area contributed by atoms with Crippen molar-refractivity contribution in [1.29, 1.82) is 0 Å². The second-order valence-electron chi connectivity index (χ2n) is 4.45. The zero-order valence-corrected chi connectivity index (χ0v) is 9.10. The summed E-state index contributed by atoms with van der Waals surface area (Å²) in [5, 5.41) is 18.7. The second kappa shape index (κ2) is 3.79. The summed E-state index contributed by atoms with van der Waals surface area (Å²) >= 11 is 0. The Morgan fingerprint density at radius 2 is 2.00 bits per heavy atom. The Morgan fingerprint density at radius 1 is 1.24 bits per heavy atom.